The highest BCUT2D eigenvalue weighted by atomic mass is 16.5. The van der Waals surface area contributed by atoms with Crippen molar-refractivity contribution in [1.82, 2.24) is 9.47 Å². The van der Waals surface area contributed by atoms with Gasteiger partial charge in [-0.2, -0.15) is 0 Å². The van der Waals surface area contributed by atoms with Crippen LogP contribution in [0, 0.1) is 0 Å². The minimum atomic E-state index is -0.901. The number of carbonyl (C=O) groups is 1. The fourth-order valence-corrected chi connectivity index (χ4v) is 4.30. The van der Waals surface area contributed by atoms with Crippen LogP contribution < -0.4 is 0 Å². The molecule has 1 unspecified atom stereocenters. The summed E-state index contributed by atoms with van der Waals surface area (Å²) in [6, 6.07) is 9.34. The number of rotatable bonds is 9. The normalized spacial score (nSPS) is 17.4. The number of hydrogen-bond acceptors (Lipinski definition) is 3. The van der Waals surface area contributed by atoms with Crippen LogP contribution in [-0.4, -0.2) is 53.4 Å². The van der Waals surface area contributed by atoms with E-state index in [0.29, 0.717) is 18.6 Å². The van der Waals surface area contributed by atoms with Crippen molar-refractivity contribution >= 4 is 16.9 Å². The minimum Gasteiger partial charge on any atom is -0.480 e. The third kappa shape index (κ3) is 4.90. The molecule has 148 valence electrons. The summed E-state index contributed by atoms with van der Waals surface area (Å²) in [4.78, 5) is 12.9. The van der Waals surface area contributed by atoms with Gasteiger partial charge in [0.2, 0.25) is 0 Å². The average Bonchev–Trinajstić information content (AvgIpc) is 3.06. The molecule has 2 heterocycles. The zero-order valence-electron chi connectivity index (χ0n) is 16.6. The summed E-state index contributed by atoms with van der Waals surface area (Å²) >= 11 is 0. The van der Waals surface area contributed by atoms with Gasteiger partial charge in [0.1, 0.15) is 6.61 Å². The Balaban J connectivity index is 1.64. The molecule has 5 nitrogen and oxygen atoms in total. The van der Waals surface area contributed by atoms with Crippen molar-refractivity contribution in [2.45, 2.75) is 51.5 Å². The van der Waals surface area contributed by atoms with Crippen LogP contribution in [0.15, 0.2) is 30.5 Å². The van der Waals surface area contributed by atoms with E-state index in [1.54, 1.807) is 0 Å². The average molecular weight is 373 g/mol. The quantitative estimate of drug-likeness (QED) is 0.668. The number of hydrogen-bond donors (Lipinski definition) is 1. The lowest BCUT2D eigenvalue weighted by Crippen LogP contribution is -2.35. The van der Waals surface area contributed by atoms with Crippen LogP contribution in [0.4, 0.5) is 0 Å². The maximum atomic E-state index is 10.5. The molecule has 1 aromatic heterocycles. The van der Waals surface area contributed by atoms with Crippen molar-refractivity contribution in [3.8, 4) is 0 Å². The molecule has 0 amide bonds. The van der Waals surface area contributed by atoms with Crippen LogP contribution in [0.25, 0.3) is 10.9 Å². The fraction of sp³-hybridized carbons (Fsp3) is 0.591. The Morgan fingerprint density at radius 1 is 1.30 bits per heavy atom. The maximum absolute atomic E-state index is 10.5. The highest BCUT2D eigenvalue weighted by molar-refractivity contribution is 5.84. The van der Waals surface area contributed by atoms with Crippen LogP contribution in [-0.2, 0) is 9.53 Å². The third-order valence-electron chi connectivity index (χ3n) is 5.76. The van der Waals surface area contributed by atoms with Crippen molar-refractivity contribution in [3.63, 3.8) is 0 Å². The van der Waals surface area contributed by atoms with E-state index in [1.807, 2.05) is 0 Å². The predicted octanol–water partition coefficient (Wildman–Crippen LogP) is 4.28. The number of carboxylic acid groups (broad SMARTS) is 1. The maximum Gasteiger partial charge on any atom is 0.329 e. The Morgan fingerprint density at radius 2 is 2.04 bits per heavy atom. The monoisotopic (exact) mass is 372 g/mol. The number of fused-ring (bicyclic) bond motifs is 1. The highest BCUT2D eigenvalue weighted by Gasteiger charge is 2.24. The van der Waals surface area contributed by atoms with Crippen LogP contribution in [0.1, 0.15) is 57.1 Å². The van der Waals surface area contributed by atoms with E-state index in [1.165, 1.54) is 29.3 Å². The molecule has 1 aliphatic heterocycles. The lowest BCUT2D eigenvalue weighted by molar-refractivity contribution is -0.142. The van der Waals surface area contributed by atoms with E-state index in [0.717, 1.165) is 32.5 Å². The van der Waals surface area contributed by atoms with Crippen molar-refractivity contribution in [2.75, 3.05) is 32.8 Å². The topological polar surface area (TPSA) is 54.7 Å². The van der Waals surface area contributed by atoms with Crippen molar-refractivity contribution in [1.29, 1.82) is 0 Å². The first-order valence-electron chi connectivity index (χ1n) is 10.2. The Kier molecular flexibility index (Phi) is 6.91. The summed E-state index contributed by atoms with van der Waals surface area (Å²) in [5.74, 6) is -0.302. The number of aromatic nitrogens is 1. The van der Waals surface area contributed by atoms with Gasteiger partial charge in [-0.3, -0.25) is 0 Å². The van der Waals surface area contributed by atoms with Gasteiger partial charge in [0.25, 0.3) is 0 Å². The van der Waals surface area contributed by atoms with E-state index in [2.05, 4.69) is 53.8 Å². The molecule has 1 aliphatic rings. The number of likely N-dealkylation sites (tertiary alicyclic amines) is 1. The van der Waals surface area contributed by atoms with Gasteiger partial charge in [0.05, 0.1) is 6.61 Å². The fourth-order valence-electron chi connectivity index (χ4n) is 4.30. The van der Waals surface area contributed by atoms with Gasteiger partial charge in [-0.05, 0) is 56.8 Å². The number of para-hydroxylation sites is 1. The van der Waals surface area contributed by atoms with Crippen LogP contribution in [0.2, 0.25) is 0 Å². The molecule has 1 fully saturated rings. The molecule has 0 bridgehead atoms. The second kappa shape index (κ2) is 9.38. The van der Waals surface area contributed by atoms with E-state index < -0.39 is 5.97 Å². The van der Waals surface area contributed by atoms with Crippen LogP contribution in [0.5, 0.6) is 0 Å². The number of ether oxygens (including phenoxy) is 1. The predicted molar refractivity (Wildman–Crippen MR) is 108 cm³/mol. The van der Waals surface area contributed by atoms with E-state index in [9.17, 15) is 4.79 Å². The molecule has 0 aliphatic carbocycles. The molecular formula is C22H32N2O3. The lowest BCUT2D eigenvalue weighted by atomic mass is 9.89. The van der Waals surface area contributed by atoms with E-state index in [-0.39, 0.29) is 6.61 Å². The minimum absolute atomic E-state index is 0.202. The molecule has 0 saturated carbocycles. The highest BCUT2D eigenvalue weighted by Crippen LogP contribution is 2.36. The molecule has 2 aromatic rings. The third-order valence-corrected chi connectivity index (χ3v) is 5.76. The smallest absolute Gasteiger partial charge is 0.329 e. The second-order valence-corrected chi connectivity index (χ2v) is 7.71. The van der Waals surface area contributed by atoms with Crippen molar-refractivity contribution in [3.05, 3.63) is 36.0 Å². The number of aliphatic carboxylic acids is 1. The van der Waals surface area contributed by atoms with Gasteiger partial charge in [-0.25, -0.2) is 4.79 Å². The Bertz CT molecular complexity index is 747. The van der Waals surface area contributed by atoms with Gasteiger partial charge < -0.3 is 19.3 Å². The van der Waals surface area contributed by atoms with Crippen LogP contribution in [0.3, 0.4) is 0 Å². The lowest BCUT2D eigenvalue weighted by Gasteiger charge is -2.31. The second-order valence-electron chi connectivity index (χ2n) is 7.71. The Labute approximate surface area is 161 Å². The first-order valence-corrected chi connectivity index (χ1v) is 10.2. The summed E-state index contributed by atoms with van der Waals surface area (Å²) in [7, 11) is 0. The SMILES string of the molecule is CCCC(C)n1cc(C2CCN(CCOCC(=O)O)CC2)c2ccccc21. The van der Waals surface area contributed by atoms with E-state index in [4.69, 9.17) is 9.84 Å². The molecule has 1 saturated heterocycles. The number of carboxylic acids is 1. The zero-order chi connectivity index (χ0) is 19.2. The van der Waals surface area contributed by atoms with Crippen LogP contribution >= 0.6 is 0 Å². The molecule has 1 N–H and O–H groups in total. The molecule has 0 spiro atoms. The number of piperidine rings is 1. The van der Waals surface area contributed by atoms with Gasteiger partial charge in [-0.1, -0.05) is 31.5 Å². The van der Waals surface area contributed by atoms with Gasteiger partial charge >= 0.3 is 5.97 Å². The Morgan fingerprint density at radius 3 is 2.74 bits per heavy atom. The first kappa shape index (κ1) is 19.9. The molecule has 5 heteroatoms. The number of benzene rings is 1. The van der Waals surface area contributed by atoms with E-state index >= 15 is 0 Å². The summed E-state index contributed by atoms with van der Waals surface area (Å²) in [6.45, 7) is 7.76. The summed E-state index contributed by atoms with van der Waals surface area (Å²) in [6.07, 6.45) is 7.10. The molecule has 1 atom stereocenters. The molecule has 1 aromatic carbocycles. The summed E-state index contributed by atoms with van der Waals surface area (Å²) < 4.78 is 7.65. The Hall–Kier alpha value is -1.85. The van der Waals surface area contributed by atoms with Gasteiger partial charge in [-0.15, -0.1) is 0 Å². The molecular weight excluding hydrogens is 340 g/mol. The van der Waals surface area contributed by atoms with Crippen molar-refractivity contribution in [2.24, 2.45) is 0 Å². The standard InChI is InChI=1S/C22H32N2O3/c1-3-6-17(2)24-15-20(19-7-4-5-8-21(19)24)18-9-11-23(12-10-18)13-14-27-16-22(25)26/h4-5,7-8,15,17-18H,3,6,9-14,16H2,1-2H3,(H,25,26). The summed E-state index contributed by atoms with van der Waals surface area (Å²) in [5.41, 5.74) is 2.85. The number of nitrogens with zero attached hydrogens (tertiary/aromatic N) is 2. The van der Waals surface area contributed by atoms with Gasteiger partial charge in [0, 0.05) is 29.7 Å². The molecule has 27 heavy (non-hydrogen) atoms. The molecule has 3 rings (SSSR count). The molecule has 0 radical (unpaired) electrons. The van der Waals surface area contributed by atoms with Crippen molar-refractivity contribution < 1.29 is 14.6 Å². The van der Waals surface area contributed by atoms with Gasteiger partial charge in [0.15, 0.2) is 0 Å². The zero-order valence-corrected chi connectivity index (χ0v) is 16.6. The first-order chi connectivity index (χ1) is 13.1. The largest absolute Gasteiger partial charge is 0.480 e. The summed E-state index contributed by atoms with van der Waals surface area (Å²) in [5, 5.41) is 10.0.